The van der Waals surface area contributed by atoms with Crippen LogP contribution in [0.3, 0.4) is 0 Å². The minimum atomic E-state index is 0.0316. The summed E-state index contributed by atoms with van der Waals surface area (Å²) in [6.07, 6.45) is 1.11. The molecule has 0 unspecified atom stereocenters. The Morgan fingerprint density at radius 2 is 0.748 bits per heavy atom. The molecule has 8 rings (SSSR count). The second-order valence-corrected chi connectivity index (χ2v) is 48.9. The number of nitrogens with zero attached hydrogens (tertiary/aromatic N) is 13. The van der Waals surface area contributed by atoms with E-state index in [2.05, 4.69) is 402 Å². The molecule has 8 aromatic heterocycles. The van der Waals surface area contributed by atoms with E-state index < -0.39 is 0 Å². The predicted molar refractivity (Wildman–Crippen MR) is 483 cm³/mol. The molecule has 0 bridgehead atoms. The number of oxazole rings is 1. The Hall–Kier alpha value is -5.20. The van der Waals surface area contributed by atoms with Gasteiger partial charge in [-0.25, -0.2) is 15.0 Å². The van der Waals surface area contributed by atoms with Crippen LogP contribution in [0.25, 0.3) is 0 Å². The highest BCUT2D eigenvalue weighted by atomic mass is 32.1. The zero-order valence-electron chi connectivity index (χ0n) is 82.1. The van der Waals surface area contributed by atoms with E-state index >= 15 is 0 Å². The van der Waals surface area contributed by atoms with Gasteiger partial charge >= 0.3 is 0 Å². The molecule has 8 heterocycles. The van der Waals surface area contributed by atoms with Gasteiger partial charge in [0.1, 0.15) is 17.3 Å². The van der Waals surface area contributed by atoms with Gasteiger partial charge in [-0.2, -0.15) is 9.47 Å². The van der Waals surface area contributed by atoms with Crippen molar-refractivity contribution in [3.8, 4) is 0 Å². The van der Waals surface area contributed by atoms with E-state index in [0.29, 0.717) is 0 Å². The molecule has 0 spiro atoms. The molecule has 0 aliphatic rings. The first-order valence-electron chi connectivity index (χ1n) is 40.5. The fraction of sp³-hybridized carbons (Fsp3) is 0.763. The molecule has 0 N–H and O–H groups in total. The second-order valence-electron chi connectivity index (χ2n) is 46.2. The van der Waals surface area contributed by atoms with Gasteiger partial charge in [0.2, 0.25) is 0 Å². The van der Waals surface area contributed by atoms with Crippen LogP contribution >= 0.6 is 34.4 Å². The summed E-state index contributed by atoms with van der Waals surface area (Å²) in [5, 5.41) is 22.4. The fourth-order valence-corrected chi connectivity index (χ4v) is 16.4. The molecule has 0 aromatic carbocycles. The summed E-state index contributed by atoms with van der Waals surface area (Å²) in [7, 11) is 6.11. The summed E-state index contributed by atoms with van der Waals surface area (Å²) >= 11 is 5.02. The van der Waals surface area contributed by atoms with Crippen LogP contribution in [0.1, 0.15) is 441 Å². The van der Waals surface area contributed by atoms with Crippen LogP contribution in [0.5, 0.6) is 0 Å². The van der Waals surface area contributed by atoms with Crippen molar-refractivity contribution in [3.63, 3.8) is 0 Å². The van der Waals surface area contributed by atoms with E-state index in [4.69, 9.17) is 13.9 Å². The number of imidazole rings is 1. The van der Waals surface area contributed by atoms with Gasteiger partial charge < -0.3 is 13.5 Å². The van der Waals surface area contributed by atoms with E-state index in [0.717, 1.165) is 58.1 Å². The van der Waals surface area contributed by atoms with Gasteiger partial charge in [0.15, 0.2) is 5.89 Å². The molecule has 0 radical (unpaired) electrons. The molecule has 0 fully saturated rings. The van der Waals surface area contributed by atoms with Gasteiger partial charge in [0, 0.05) is 114 Å². The Kier molecular flexibility index (Phi) is 34.2. The maximum Gasteiger partial charge on any atom is 0.191 e. The molecule has 0 atom stereocenters. The Balaban J connectivity index is 0.000000635. The maximum atomic E-state index is 5.69. The van der Waals surface area contributed by atoms with Gasteiger partial charge in [-0.15, -0.1) is 21.5 Å². The zero-order chi connectivity index (χ0) is 88.2. The largest absolute Gasteiger partial charge is 0.445 e. The Morgan fingerprint density at radius 1 is 0.333 bits per heavy atom. The quantitative estimate of drug-likeness (QED) is 0.153. The van der Waals surface area contributed by atoms with E-state index in [1.54, 1.807) is 11.5 Å². The van der Waals surface area contributed by atoms with Crippen molar-refractivity contribution in [2.45, 2.75) is 448 Å². The van der Waals surface area contributed by atoms with E-state index in [1.165, 1.54) is 82.0 Å². The molecule has 634 valence electrons. The summed E-state index contributed by atoms with van der Waals surface area (Å²) in [6.45, 7) is 114. The van der Waals surface area contributed by atoms with Gasteiger partial charge in [-0.05, 0) is 96.7 Å². The zero-order valence-corrected chi connectivity index (χ0v) is 84.5. The highest BCUT2D eigenvalue weighted by Gasteiger charge is 2.37. The molecule has 0 aliphatic carbocycles. The summed E-state index contributed by atoms with van der Waals surface area (Å²) in [4.78, 5) is 18.0. The van der Waals surface area contributed by atoms with Crippen molar-refractivity contribution < 1.29 is 8.94 Å². The van der Waals surface area contributed by atoms with Crippen molar-refractivity contribution in [2.24, 2.45) is 21.1 Å². The van der Waals surface area contributed by atoms with Crippen molar-refractivity contribution in [3.05, 3.63) is 122 Å². The van der Waals surface area contributed by atoms with Gasteiger partial charge in [0.05, 0.1) is 61.1 Å². The van der Waals surface area contributed by atoms with E-state index in [1.807, 2.05) is 48.6 Å². The third-order valence-electron chi connectivity index (χ3n) is 18.1. The number of aryl methyl sites for hydroxylation is 8. The number of rotatable bonds is 1. The second kappa shape index (κ2) is 36.5. The smallest absolute Gasteiger partial charge is 0.191 e. The lowest BCUT2D eigenvalue weighted by molar-refractivity contribution is 0.321. The van der Waals surface area contributed by atoms with Crippen LogP contribution in [-0.4, -0.2) is 63.4 Å². The van der Waals surface area contributed by atoms with Crippen LogP contribution in [0, 0.1) is 41.5 Å². The SMILES string of the molecule is CC(C)(C)c1nnsc1C(C)(C)C.CCc1c(C)nsc1C(C)(C)C.Cc1nc(C(C)(C)C)c(C(C)(C)C)n1C.Cc1nc(C(C)(C)C)c(C(C)(C)C)o1.Cc1nc(C(C)(C)C)c(C(C)(C)C)s1.Cc1nn(C)c(C(C)(C)C)c1C(C)(C)C.Cc1noc(C(C)(C)C)c1C(C)(C)C.Cn1nnc(C(C)(C)C)c1C(C)(C)C. The topological polar surface area (TPSA) is 170 Å². The molecule has 0 saturated carbocycles. The number of thiazole rings is 1. The molecule has 18 heteroatoms. The van der Waals surface area contributed by atoms with Crippen molar-refractivity contribution in [1.82, 2.24) is 63.4 Å². The van der Waals surface area contributed by atoms with Gasteiger partial charge in [-0.1, -0.05) is 333 Å². The van der Waals surface area contributed by atoms with Gasteiger partial charge in [0.25, 0.3) is 0 Å². The number of hydrogen-bond acceptors (Lipinski definition) is 15. The predicted octanol–water partition coefficient (Wildman–Crippen LogP) is 26.7. The highest BCUT2D eigenvalue weighted by Crippen LogP contribution is 2.42. The summed E-state index contributed by atoms with van der Waals surface area (Å²) in [5.41, 5.74) is 19.2. The van der Waals surface area contributed by atoms with Crippen LogP contribution in [0.4, 0.5) is 0 Å². The monoisotopic (exact) mass is 1590 g/mol. The van der Waals surface area contributed by atoms with Gasteiger partial charge in [-0.3, -0.25) is 9.36 Å². The van der Waals surface area contributed by atoms with E-state index in [-0.39, 0.29) is 81.2 Å². The summed E-state index contributed by atoms with van der Waals surface area (Å²) in [6, 6.07) is 0. The third kappa shape index (κ3) is 30.1. The van der Waals surface area contributed by atoms with Crippen LogP contribution < -0.4 is 0 Å². The Bertz CT molecular complexity index is 3890. The van der Waals surface area contributed by atoms with Crippen molar-refractivity contribution in [1.29, 1.82) is 0 Å². The highest BCUT2D eigenvalue weighted by molar-refractivity contribution is 7.11. The molecular weight excluding hydrogens is 1430 g/mol. The molecule has 0 amide bonds. The van der Waals surface area contributed by atoms with Crippen molar-refractivity contribution in [2.75, 3.05) is 0 Å². The van der Waals surface area contributed by atoms with Crippen LogP contribution in [-0.2, 0) is 109 Å². The Morgan fingerprint density at radius 3 is 1.04 bits per heavy atom. The average molecular weight is 1600 g/mol. The first-order chi connectivity index (χ1) is 48.8. The lowest BCUT2D eigenvalue weighted by Crippen LogP contribution is -2.24. The summed E-state index contributed by atoms with van der Waals surface area (Å²) < 4.78 is 25.7. The van der Waals surface area contributed by atoms with Crippen LogP contribution in [0.15, 0.2) is 8.94 Å². The van der Waals surface area contributed by atoms with E-state index in [9.17, 15) is 0 Å². The maximum absolute atomic E-state index is 5.69. The number of hydrogen-bond donors (Lipinski definition) is 0. The molecule has 8 aromatic rings. The summed E-state index contributed by atoms with van der Waals surface area (Å²) in [5.74, 6) is 3.90. The molecule has 15 nitrogen and oxygen atoms in total. The molecular formula is C93H167N13O2S3. The first kappa shape index (κ1) is 104. The Labute approximate surface area is 693 Å². The molecule has 0 aliphatic heterocycles. The third-order valence-corrected chi connectivity index (χ3v) is 22.1. The average Bonchev–Trinajstić information content (AvgIpc) is 1.51. The lowest BCUT2D eigenvalue weighted by atomic mass is 9.78. The fourth-order valence-electron chi connectivity index (χ4n) is 13.3. The lowest BCUT2D eigenvalue weighted by Gasteiger charge is -2.27. The van der Waals surface area contributed by atoms with Crippen LogP contribution in [0.2, 0.25) is 0 Å². The first-order valence-corrected chi connectivity index (χ1v) is 42.9. The standard InChI is InChI=1S/2C13H24N2.2C12H21NO.C12H21NS.C11H21N3.C10H18N2S.C10H17NS/c1-9-14-10(12(2,3)4)11(15(9)8)13(5,6)7;1-9-10(12(2,3)4)11(13(5,6)7)15(8)14-9;1-8-13-9(11(2,3)4)10(14-8)12(5,6)7;1-8-9(11(2,3)4)10(14-13-8)12(5,6)7;1-8-13-9(11(2,3)4)10(14-8)12(5,6)7;1-10(2,3)8-9(11(4,5)6)14(7)13-12-8;1-9(2,3)7-8(10(4,5)6)13-12-11-7;1-6-8-7(2)11-12-9(8)10(3,4)5/h2*1-8H3;4*1-7H3;1-6H3;6H2,1-5H3. The molecule has 0 saturated heterocycles. The molecule has 111 heavy (non-hydrogen) atoms. The minimum absolute atomic E-state index is 0.0316. The minimum Gasteiger partial charge on any atom is -0.445 e. The number of aromatic nitrogens is 13. The normalized spacial score (nSPS) is 13.2. The van der Waals surface area contributed by atoms with Crippen molar-refractivity contribution >= 4 is 34.4 Å².